The van der Waals surface area contributed by atoms with E-state index in [0.29, 0.717) is 17.3 Å². The number of pyridine rings is 1. The largest absolute Gasteiger partial charge is 0.451 e. The number of furan rings is 1. The van der Waals surface area contributed by atoms with Gasteiger partial charge in [0.05, 0.1) is 12.2 Å². The van der Waals surface area contributed by atoms with Gasteiger partial charge in [0.2, 0.25) is 0 Å². The first kappa shape index (κ1) is 23.1. The highest BCUT2D eigenvalue weighted by Crippen LogP contribution is 2.28. The van der Waals surface area contributed by atoms with Gasteiger partial charge in [-0.2, -0.15) is 0 Å². The van der Waals surface area contributed by atoms with Gasteiger partial charge < -0.3 is 14.2 Å². The second kappa shape index (κ2) is 10.3. The number of anilines is 2. The lowest BCUT2D eigenvalue weighted by molar-refractivity contribution is 0.0959. The van der Waals surface area contributed by atoms with E-state index in [0.717, 1.165) is 48.8 Å². The van der Waals surface area contributed by atoms with Gasteiger partial charge in [0.15, 0.2) is 5.76 Å². The van der Waals surface area contributed by atoms with E-state index in [-0.39, 0.29) is 11.7 Å². The topological polar surface area (TPSA) is 52.8 Å². The zero-order chi connectivity index (χ0) is 24.2. The first-order valence-electron chi connectivity index (χ1n) is 11.7. The molecule has 178 valence electrons. The van der Waals surface area contributed by atoms with Crippen LogP contribution in [0.2, 0.25) is 5.02 Å². The predicted molar refractivity (Wildman–Crippen MR) is 140 cm³/mol. The number of aromatic nitrogens is 1. The van der Waals surface area contributed by atoms with Crippen LogP contribution in [0.15, 0.2) is 89.5 Å². The van der Waals surface area contributed by atoms with E-state index in [1.165, 1.54) is 0 Å². The van der Waals surface area contributed by atoms with E-state index in [9.17, 15) is 4.79 Å². The Kier molecular flexibility index (Phi) is 6.84. The molecule has 0 aliphatic carbocycles. The molecule has 1 fully saturated rings. The van der Waals surface area contributed by atoms with Crippen LogP contribution in [0.25, 0.3) is 11.3 Å². The quantitative estimate of drug-likeness (QED) is 0.355. The van der Waals surface area contributed by atoms with E-state index in [2.05, 4.69) is 34.0 Å². The molecule has 5 rings (SSSR count). The molecular weight excluding hydrogens is 460 g/mol. The Labute approximate surface area is 210 Å². The van der Waals surface area contributed by atoms with Crippen molar-refractivity contribution < 1.29 is 9.21 Å². The lowest BCUT2D eigenvalue weighted by Gasteiger charge is -2.34. The van der Waals surface area contributed by atoms with Gasteiger partial charge in [-0.15, -0.1) is 0 Å². The average Bonchev–Trinajstić information content (AvgIpc) is 3.39. The van der Waals surface area contributed by atoms with Crippen molar-refractivity contribution in [2.24, 2.45) is 0 Å². The number of piperazine rings is 1. The van der Waals surface area contributed by atoms with Gasteiger partial charge >= 0.3 is 0 Å². The number of halogens is 1. The van der Waals surface area contributed by atoms with Crippen molar-refractivity contribution in [2.75, 3.05) is 43.0 Å². The van der Waals surface area contributed by atoms with E-state index < -0.39 is 0 Å². The summed E-state index contributed by atoms with van der Waals surface area (Å²) in [6.07, 6.45) is 1.74. The van der Waals surface area contributed by atoms with Crippen LogP contribution in [-0.2, 0) is 6.54 Å². The van der Waals surface area contributed by atoms with Crippen molar-refractivity contribution in [1.82, 2.24) is 9.88 Å². The number of benzene rings is 2. The zero-order valence-corrected chi connectivity index (χ0v) is 20.4. The number of hydrogen-bond donors (Lipinski definition) is 0. The van der Waals surface area contributed by atoms with Crippen LogP contribution in [-0.4, -0.2) is 49.0 Å². The summed E-state index contributed by atoms with van der Waals surface area (Å²) in [6, 6.07) is 24.7. The summed E-state index contributed by atoms with van der Waals surface area (Å²) >= 11 is 6.01. The fraction of sp³-hybridized carbons (Fsp3) is 0.214. The number of likely N-dealkylation sites (N-methyl/N-ethyl adjacent to an activating group) is 1. The molecule has 1 amide bonds. The Morgan fingerprint density at radius 1 is 0.943 bits per heavy atom. The summed E-state index contributed by atoms with van der Waals surface area (Å²) in [7, 11) is 2.15. The molecule has 1 saturated heterocycles. The van der Waals surface area contributed by atoms with Crippen LogP contribution in [0.3, 0.4) is 0 Å². The molecule has 2 aromatic heterocycles. The molecule has 35 heavy (non-hydrogen) atoms. The van der Waals surface area contributed by atoms with Crippen molar-refractivity contribution in [3.8, 4) is 11.3 Å². The molecule has 0 bridgehead atoms. The van der Waals surface area contributed by atoms with E-state index in [1.807, 2.05) is 48.5 Å². The normalized spacial score (nSPS) is 14.2. The molecule has 6 nitrogen and oxygen atoms in total. The summed E-state index contributed by atoms with van der Waals surface area (Å²) in [5.74, 6) is 0.672. The Hall–Kier alpha value is -3.61. The standard InChI is InChI=1S/C28H27ClN4O2/c1-31-16-18-32(19-17-31)24-9-11-25(12-10-24)33(20-23-4-2-3-15-30-23)28(34)27-14-13-26(35-27)21-5-7-22(29)8-6-21/h2-15H,16-20H2,1H3. The maximum absolute atomic E-state index is 13.6. The number of amides is 1. The zero-order valence-electron chi connectivity index (χ0n) is 19.6. The van der Waals surface area contributed by atoms with Gasteiger partial charge in [0.25, 0.3) is 5.91 Å². The highest BCUT2D eigenvalue weighted by Gasteiger charge is 2.23. The summed E-state index contributed by atoms with van der Waals surface area (Å²) in [6.45, 7) is 4.41. The van der Waals surface area contributed by atoms with Crippen molar-refractivity contribution in [3.63, 3.8) is 0 Å². The number of carbonyl (C=O) groups is 1. The molecule has 0 N–H and O–H groups in total. The van der Waals surface area contributed by atoms with Crippen molar-refractivity contribution in [1.29, 1.82) is 0 Å². The van der Waals surface area contributed by atoms with Crippen LogP contribution in [0.1, 0.15) is 16.2 Å². The Balaban J connectivity index is 1.41. The molecular formula is C28H27ClN4O2. The van der Waals surface area contributed by atoms with Crippen molar-refractivity contribution in [3.05, 3.63) is 102 Å². The fourth-order valence-electron chi connectivity index (χ4n) is 4.20. The Bertz CT molecular complexity index is 1260. The summed E-state index contributed by atoms with van der Waals surface area (Å²) in [5, 5.41) is 0.651. The summed E-state index contributed by atoms with van der Waals surface area (Å²) in [5.41, 5.74) is 3.62. The van der Waals surface area contributed by atoms with Crippen molar-refractivity contribution >= 4 is 28.9 Å². The smallest absolute Gasteiger partial charge is 0.294 e. The molecule has 1 aliphatic heterocycles. The van der Waals surface area contributed by atoms with Crippen LogP contribution < -0.4 is 9.80 Å². The lowest BCUT2D eigenvalue weighted by Crippen LogP contribution is -2.44. The van der Waals surface area contributed by atoms with Gasteiger partial charge in [-0.05, 0) is 79.8 Å². The fourth-order valence-corrected chi connectivity index (χ4v) is 4.32. The molecule has 7 heteroatoms. The van der Waals surface area contributed by atoms with Gasteiger partial charge in [0, 0.05) is 54.3 Å². The van der Waals surface area contributed by atoms with Crippen LogP contribution >= 0.6 is 11.6 Å². The molecule has 0 radical (unpaired) electrons. The molecule has 3 heterocycles. The minimum atomic E-state index is -0.219. The number of rotatable bonds is 6. The third-order valence-corrected chi connectivity index (χ3v) is 6.52. The highest BCUT2D eigenvalue weighted by atomic mass is 35.5. The van der Waals surface area contributed by atoms with Gasteiger partial charge in [0.1, 0.15) is 5.76 Å². The average molecular weight is 487 g/mol. The number of nitrogens with zero attached hydrogens (tertiary/aromatic N) is 4. The maximum Gasteiger partial charge on any atom is 0.294 e. The molecule has 4 aromatic rings. The van der Waals surface area contributed by atoms with E-state index in [1.54, 1.807) is 29.3 Å². The first-order valence-corrected chi connectivity index (χ1v) is 12.1. The van der Waals surface area contributed by atoms with Crippen molar-refractivity contribution in [2.45, 2.75) is 6.54 Å². The summed E-state index contributed by atoms with van der Waals surface area (Å²) < 4.78 is 5.97. The lowest BCUT2D eigenvalue weighted by atomic mass is 10.2. The van der Waals surface area contributed by atoms with Crippen LogP contribution in [0.4, 0.5) is 11.4 Å². The second-order valence-corrected chi connectivity index (χ2v) is 9.13. The second-order valence-electron chi connectivity index (χ2n) is 8.69. The van der Waals surface area contributed by atoms with E-state index in [4.69, 9.17) is 16.0 Å². The minimum absolute atomic E-state index is 0.219. The van der Waals surface area contributed by atoms with Gasteiger partial charge in [-0.25, -0.2) is 0 Å². The Morgan fingerprint density at radius 2 is 1.69 bits per heavy atom. The van der Waals surface area contributed by atoms with Crippen LogP contribution in [0.5, 0.6) is 0 Å². The first-order chi connectivity index (χ1) is 17.1. The summed E-state index contributed by atoms with van der Waals surface area (Å²) in [4.78, 5) is 24.5. The number of carbonyl (C=O) groups excluding carboxylic acids is 1. The Morgan fingerprint density at radius 3 is 2.37 bits per heavy atom. The van der Waals surface area contributed by atoms with Gasteiger partial charge in [-0.3, -0.25) is 14.7 Å². The molecule has 0 unspecified atom stereocenters. The molecule has 0 saturated carbocycles. The highest BCUT2D eigenvalue weighted by molar-refractivity contribution is 6.30. The van der Waals surface area contributed by atoms with E-state index >= 15 is 0 Å². The molecule has 0 atom stereocenters. The van der Waals surface area contributed by atoms with Gasteiger partial charge in [-0.1, -0.05) is 17.7 Å². The predicted octanol–water partition coefficient (Wildman–Crippen LogP) is 5.59. The monoisotopic (exact) mass is 486 g/mol. The maximum atomic E-state index is 13.6. The number of hydrogen-bond acceptors (Lipinski definition) is 5. The molecule has 0 spiro atoms. The third kappa shape index (κ3) is 5.39. The molecule has 2 aromatic carbocycles. The SMILES string of the molecule is CN1CCN(c2ccc(N(Cc3ccccn3)C(=O)c3ccc(-c4ccc(Cl)cc4)o3)cc2)CC1. The van der Waals surface area contributed by atoms with Crippen LogP contribution in [0, 0.1) is 0 Å². The molecule has 1 aliphatic rings. The third-order valence-electron chi connectivity index (χ3n) is 6.27. The minimum Gasteiger partial charge on any atom is -0.451 e.